The molecule has 0 amide bonds. The summed E-state index contributed by atoms with van der Waals surface area (Å²) in [7, 11) is 0. The normalized spacial score (nSPS) is 11.2. The van der Waals surface area contributed by atoms with Crippen LogP contribution in [0.3, 0.4) is 0 Å². The number of nitrogens with one attached hydrogen (secondary N) is 1. The van der Waals surface area contributed by atoms with Crippen LogP contribution in [-0.2, 0) is 0 Å². The summed E-state index contributed by atoms with van der Waals surface area (Å²) in [6, 6.07) is 3.45. The van der Waals surface area contributed by atoms with Crippen LogP contribution >= 0.6 is 11.7 Å². The molecular formula is C12H17N5O2S. The molecule has 0 fully saturated rings. The van der Waals surface area contributed by atoms with Crippen molar-refractivity contribution in [1.82, 2.24) is 13.6 Å². The smallest absolute Gasteiger partial charge is 0.321 e. The third-order valence-electron chi connectivity index (χ3n) is 3.22. The van der Waals surface area contributed by atoms with E-state index >= 15 is 0 Å². The highest BCUT2D eigenvalue weighted by atomic mass is 32.1. The van der Waals surface area contributed by atoms with Crippen LogP contribution < -0.4 is 5.32 Å². The maximum absolute atomic E-state index is 11.2. The van der Waals surface area contributed by atoms with Gasteiger partial charge in [-0.25, -0.2) is 0 Å². The van der Waals surface area contributed by atoms with Gasteiger partial charge in [0.15, 0.2) is 5.52 Å². The average molecular weight is 295 g/mol. The number of nitro benzene ring substituents is 1. The summed E-state index contributed by atoms with van der Waals surface area (Å²) in [6.45, 7) is 7.63. The third kappa shape index (κ3) is 3.02. The van der Waals surface area contributed by atoms with E-state index < -0.39 is 4.92 Å². The summed E-state index contributed by atoms with van der Waals surface area (Å²) in [4.78, 5) is 13.1. The van der Waals surface area contributed by atoms with Gasteiger partial charge in [-0.3, -0.25) is 10.1 Å². The molecular weight excluding hydrogens is 278 g/mol. The highest BCUT2D eigenvalue weighted by Gasteiger charge is 2.21. The molecule has 1 aromatic heterocycles. The van der Waals surface area contributed by atoms with Crippen molar-refractivity contribution in [3.63, 3.8) is 0 Å². The summed E-state index contributed by atoms with van der Waals surface area (Å²) in [6.07, 6.45) is 0. The molecule has 20 heavy (non-hydrogen) atoms. The molecule has 0 unspecified atom stereocenters. The minimum absolute atomic E-state index is 0.01000. The topological polar surface area (TPSA) is 84.2 Å². The largest absolute Gasteiger partial charge is 0.378 e. The summed E-state index contributed by atoms with van der Waals surface area (Å²) < 4.78 is 8.04. The zero-order chi connectivity index (χ0) is 14.5. The van der Waals surface area contributed by atoms with E-state index in [4.69, 9.17) is 0 Å². The van der Waals surface area contributed by atoms with Crippen LogP contribution in [0.5, 0.6) is 0 Å². The lowest BCUT2D eigenvalue weighted by molar-refractivity contribution is -0.382. The summed E-state index contributed by atoms with van der Waals surface area (Å²) in [5.74, 6) is 0. The summed E-state index contributed by atoms with van der Waals surface area (Å²) in [5.41, 5.74) is 1.43. The fourth-order valence-corrected chi connectivity index (χ4v) is 2.59. The molecule has 0 saturated carbocycles. The van der Waals surface area contributed by atoms with Crippen molar-refractivity contribution in [2.45, 2.75) is 13.8 Å². The molecule has 1 N–H and O–H groups in total. The molecule has 0 aliphatic carbocycles. The number of hydrogen-bond acceptors (Lipinski definition) is 7. The van der Waals surface area contributed by atoms with Crippen LogP contribution in [0.4, 0.5) is 11.4 Å². The van der Waals surface area contributed by atoms with Gasteiger partial charge in [-0.15, -0.1) is 0 Å². The fourth-order valence-electron chi connectivity index (χ4n) is 2.05. The maximum atomic E-state index is 11.2. The minimum atomic E-state index is -0.399. The summed E-state index contributed by atoms with van der Waals surface area (Å²) in [5, 5.41) is 14.4. The van der Waals surface area contributed by atoms with Gasteiger partial charge >= 0.3 is 5.69 Å². The van der Waals surface area contributed by atoms with E-state index in [1.165, 1.54) is 0 Å². The van der Waals surface area contributed by atoms with Crippen molar-refractivity contribution >= 4 is 34.1 Å². The minimum Gasteiger partial charge on any atom is -0.378 e. The SMILES string of the molecule is CCN(CC)CCNc1ccc2nsnc2c1[N+](=O)[O-]. The Hall–Kier alpha value is -1.80. The molecule has 1 heterocycles. The molecule has 1 aromatic carbocycles. The Morgan fingerprint density at radius 1 is 1.35 bits per heavy atom. The number of anilines is 1. The van der Waals surface area contributed by atoms with Crippen molar-refractivity contribution in [1.29, 1.82) is 0 Å². The van der Waals surface area contributed by atoms with Crippen LogP contribution in [0.1, 0.15) is 13.8 Å². The number of likely N-dealkylation sites (N-methyl/N-ethyl adjacent to an activating group) is 1. The van der Waals surface area contributed by atoms with E-state index in [2.05, 4.69) is 32.8 Å². The second kappa shape index (κ2) is 6.58. The lowest BCUT2D eigenvalue weighted by Gasteiger charge is -2.18. The first-order valence-electron chi connectivity index (χ1n) is 6.53. The first-order chi connectivity index (χ1) is 9.67. The molecule has 0 aliphatic rings. The van der Waals surface area contributed by atoms with E-state index in [0.717, 1.165) is 31.4 Å². The maximum Gasteiger partial charge on any atom is 0.321 e. The summed E-state index contributed by atoms with van der Waals surface area (Å²) >= 11 is 0.989. The third-order valence-corrected chi connectivity index (χ3v) is 3.76. The monoisotopic (exact) mass is 295 g/mol. The fraction of sp³-hybridized carbons (Fsp3) is 0.500. The van der Waals surface area contributed by atoms with Crippen molar-refractivity contribution < 1.29 is 4.92 Å². The zero-order valence-corrected chi connectivity index (χ0v) is 12.3. The van der Waals surface area contributed by atoms with E-state index in [1.54, 1.807) is 12.1 Å². The second-order valence-corrected chi connectivity index (χ2v) is 4.83. The number of nitro groups is 1. The van der Waals surface area contributed by atoms with Gasteiger partial charge < -0.3 is 10.2 Å². The Labute approximate surface area is 121 Å². The quantitative estimate of drug-likeness (QED) is 0.623. The van der Waals surface area contributed by atoms with Crippen molar-refractivity contribution in [2.75, 3.05) is 31.5 Å². The molecule has 2 rings (SSSR count). The highest BCUT2D eigenvalue weighted by molar-refractivity contribution is 7.00. The van der Waals surface area contributed by atoms with Crippen LogP contribution in [0.25, 0.3) is 11.0 Å². The van der Waals surface area contributed by atoms with E-state index in [1.807, 2.05) is 0 Å². The molecule has 0 spiro atoms. The van der Waals surface area contributed by atoms with Gasteiger partial charge in [0.2, 0.25) is 0 Å². The van der Waals surface area contributed by atoms with Crippen LogP contribution in [-0.4, -0.2) is 44.7 Å². The zero-order valence-electron chi connectivity index (χ0n) is 11.5. The number of hydrogen-bond donors (Lipinski definition) is 1. The van der Waals surface area contributed by atoms with Gasteiger partial charge in [-0.2, -0.15) is 8.75 Å². The van der Waals surface area contributed by atoms with Gasteiger partial charge in [-0.1, -0.05) is 13.8 Å². The Kier molecular flexibility index (Phi) is 4.80. The van der Waals surface area contributed by atoms with Gasteiger partial charge in [0.05, 0.1) is 16.7 Å². The van der Waals surface area contributed by atoms with Gasteiger partial charge in [0.25, 0.3) is 0 Å². The lowest BCUT2D eigenvalue weighted by atomic mass is 10.2. The molecule has 2 aromatic rings. The predicted molar refractivity (Wildman–Crippen MR) is 80.3 cm³/mol. The Balaban J connectivity index is 2.17. The molecule has 108 valence electrons. The number of aromatic nitrogens is 2. The first kappa shape index (κ1) is 14.6. The van der Waals surface area contributed by atoms with E-state index in [9.17, 15) is 10.1 Å². The van der Waals surface area contributed by atoms with Gasteiger partial charge in [0, 0.05) is 13.1 Å². The molecule has 0 atom stereocenters. The number of nitrogens with zero attached hydrogens (tertiary/aromatic N) is 4. The molecule has 0 radical (unpaired) electrons. The standard InChI is InChI=1S/C12H17N5O2S/c1-3-16(4-2)8-7-13-10-6-5-9-11(15-20-14-9)12(10)17(18)19/h5-6,13H,3-4,7-8H2,1-2H3. The van der Waals surface area contributed by atoms with E-state index in [-0.39, 0.29) is 5.69 Å². The van der Waals surface area contributed by atoms with Crippen molar-refractivity contribution in [2.24, 2.45) is 0 Å². The highest BCUT2D eigenvalue weighted by Crippen LogP contribution is 2.31. The molecule has 0 saturated heterocycles. The molecule has 0 bridgehead atoms. The van der Waals surface area contributed by atoms with Crippen LogP contribution in [0.15, 0.2) is 12.1 Å². The Morgan fingerprint density at radius 3 is 2.75 bits per heavy atom. The lowest BCUT2D eigenvalue weighted by Crippen LogP contribution is -2.28. The Morgan fingerprint density at radius 2 is 2.10 bits per heavy atom. The number of benzene rings is 1. The molecule has 0 aliphatic heterocycles. The van der Waals surface area contributed by atoms with Crippen LogP contribution in [0, 0.1) is 10.1 Å². The number of fused-ring (bicyclic) bond motifs is 1. The van der Waals surface area contributed by atoms with Crippen molar-refractivity contribution in [3.8, 4) is 0 Å². The predicted octanol–water partition coefficient (Wildman–Crippen LogP) is 2.35. The number of rotatable bonds is 7. The molecule has 7 nitrogen and oxygen atoms in total. The second-order valence-electron chi connectivity index (χ2n) is 4.30. The van der Waals surface area contributed by atoms with Gasteiger partial charge in [-0.05, 0) is 25.2 Å². The average Bonchev–Trinajstić information content (AvgIpc) is 2.91. The first-order valence-corrected chi connectivity index (χ1v) is 7.26. The Bertz CT molecular complexity index is 597. The van der Waals surface area contributed by atoms with Crippen LogP contribution in [0.2, 0.25) is 0 Å². The van der Waals surface area contributed by atoms with Crippen molar-refractivity contribution in [3.05, 3.63) is 22.2 Å². The molecule has 8 heteroatoms. The van der Waals surface area contributed by atoms with E-state index in [0.29, 0.717) is 23.3 Å². The van der Waals surface area contributed by atoms with Gasteiger partial charge in [0.1, 0.15) is 11.2 Å².